The van der Waals surface area contributed by atoms with Crippen molar-refractivity contribution in [1.82, 2.24) is 0 Å². The maximum Gasteiger partial charge on any atom is 0.442 e. The van der Waals surface area contributed by atoms with Gasteiger partial charge < -0.3 is 0 Å². The first-order valence-corrected chi connectivity index (χ1v) is 1.99. The topological polar surface area (TPSA) is 19.9 Å². The van der Waals surface area contributed by atoms with Gasteiger partial charge in [0.15, 0.2) is 0 Å². The molecular formula is C4H3F4O. The van der Waals surface area contributed by atoms with Gasteiger partial charge in [-0.1, -0.05) is 0 Å². The molecule has 0 aromatic rings. The third-order valence-corrected chi connectivity index (χ3v) is 0.533. The smallest absolute Gasteiger partial charge is 0.232 e. The lowest BCUT2D eigenvalue weighted by atomic mass is 10.5. The molecule has 0 spiro atoms. The number of hydrogen-bond donors (Lipinski definition) is 0. The summed E-state index contributed by atoms with van der Waals surface area (Å²) in [6.45, 7) is -1.19. The van der Waals surface area contributed by atoms with Crippen LogP contribution in [0.15, 0.2) is 11.9 Å². The van der Waals surface area contributed by atoms with Crippen LogP contribution in [0.5, 0.6) is 0 Å². The van der Waals surface area contributed by atoms with Crippen molar-refractivity contribution >= 4 is 0 Å². The van der Waals surface area contributed by atoms with E-state index in [-0.39, 0.29) is 6.08 Å². The molecule has 0 amide bonds. The van der Waals surface area contributed by atoms with E-state index in [1.54, 1.807) is 0 Å². The van der Waals surface area contributed by atoms with E-state index in [1.807, 2.05) is 0 Å². The summed E-state index contributed by atoms with van der Waals surface area (Å²) < 4.78 is 44.6. The second-order valence-corrected chi connectivity index (χ2v) is 1.22. The van der Waals surface area contributed by atoms with E-state index in [0.717, 1.165) is 0 Å². The second-order valence-electron chi connectivity index (χ2n) is 1.22. The molecule has 1 nitrogen and oxygen atoms in total. The van der Waals surface area contributed by atoms with Crippen LogP contribution in [0, 0.1) is 0 Å². The highest BCUT2D eigenvalue weighted by Gasteiger charge is 2.33. The van der Waals surface area contributed by atoms with E-state index < -0.39 is 18.6 Å². The third kappa shape index (κ3) is 3.07. The molecule has 0 N–H and O–H groups in total. The van der Waals surface area contributed by atoms with E-state index in [4.69, 9.17) is 0 Å². The Morgan fingerprint density at radius 3 is 2.00 bits per heavy atom. The van der Waals surface area contributed by atoms with Crippen LogP contribution in [0.3, 0.4) is 0 Å². The van der Waals surface area contributed by atoms with Gasteiger partial charge in [0.25, 0.3) is 0 Å². The van der Waals surface area contributed by atoms with Gasteiger partial charge in [0.2, 0.25) is 5.83 Å². The molecule has 0 aromatic carbocycles. The van der Waals surface area contributed by atoms with Crippen molar-refractivity contribution in [2.45, 2.75) is 6.18 Å². The lowest BCUT2D eigenvalue weighted by Gasteiger charge is -1.99. The highest BCUT2D eigenvalue weighted by Crippen LogP contribution is 2.25. The quantitative estimate of drug-likeness (QED) is 0.499. The summed E-state index contributed by atoms with van der Waals surface area (Å²) >= 11 is 0. The molecule has 0 aliphatic carbocycles. The highest BCUT2D eigenvalue weighted by atomic mass is 19.4. The standard InChI is InChI=1S/C4H3F4O/c5-3(1-2-9)4(6,7)8/h1H,2H2/b3-1-. The molecule has 5 heteroatoms. The van der Waals surface area contributed by atoms with Crippen molar-refractivity contribution in [3.63, 3.8) is 0 Å². The summed E-state index contributed by atoms with van der Waals surface area (Å²) in [5.74, 6) is -2.32. The molecule has 0 aromatic heterocycles. The van der Waals surface area contributed by atoms with Gasteiger partial charge in [0.05, 0.1) is 0 Å². The van der Waals surface area contributed by atoms with Gasteiger partial charge in [0.1, 0.15) is 6.61 Å². The lowest BCUT2D eigenvalue weighted by Crippen LogP contribution is -2.07. The van der Waals surface area contributed by atoms with Crippen LogP contribution >= 0.6 is 0 Å². The zero-order valence-electron chi connectivity index (χ0n) is 4.20. The predicted molar refractivity (Wildman–Crippen MR) is 20.8 cm³/mol. The molecule has 0 rings (SSSR count). The normalized spacial score (nSPS) is 14.1. The Hall–Kier alpha value is -0.580. The monoisotopic (exact) mass is 143 g/mol. The van der Waals surface area contributed by atoms with Crippen LogP contribution in [0.25, 0.3) is 0 Å². The molecule has 1 radical (unpaired) electrons. The van der Waals surface area contributed by atoms with Crippen LogP contribution in [0.4, 0.5) is 17.6 Å². The van der Waals surface area contributed by atoms with Crippen LogP contribution in [0.2, 0.25) is 0 Å². The highest BCUT2D eigenvalue weighted by molar-refractivity contribution is 4.98. The van der Waals surface area contributed by atoms with Crippen molar-refractivity contribution in [3.05, 3.63) is 11.9 Å². The Balaban J connectivity index is 4.03. The predicted octanol–water partition coefficient (Wildman–Crippen LogP) is 1.83. The van der Waals surface area contributed by atoms with Crippen molar-refractivity contribution in [3.8, 4) is 0 Å². The Labute approximate surface area is 48.6 Å². The number of rotatable bonds is 1. The van der Waals surface area contributed by atoms with Gasteiger partial charge in [-0.05, 0) is 6.08 Å². The first kappa shape index (κ1) is 8.42. The summed E-state index contributed by atoms with van der Waals surface area (Å²) in [4.78, 5) is 0. The number of halogens is 4. The van der Waals surface area contributed by atoms with Crippen molar-refractivity contribution in [1.29, 1.82) is 0 Å². The van der Waals surface area contributed by atoms with E-state index in [9.17, 15) is 22.7 Å². The van der Waals surface area contributed by atoms with Crippen molar-refractivity contribution in [2.24, 2.45) is 0 Å². The zero-order chi connectivity index (χ0) is 7.49. The minimum absolute atomic E-state index is 0.0556. The fourth-order valence-corrected chi connectivity index (χ4v) is 0.189. The minimum atomic E-state index is -5.00. The SMILES string of the molecule is [O]C/C=C(\F)C(F)(F)F. The summed E-state index contributed by atoms with van der Waals surface area (Å²) in [7, 11) is 0. The van der Waals surface area contributed by atoms with Gasteiger partial charge in [0, 0.05) is 0 Å². The van der Waals surface area contributed by atoms with Crippen LogP contribution in [0.1, 0.15) is 0 Å². The molecule has 0 fully saturated rings. The fraction of sp³-hybridized carbons (Fsp3) is 0.500. The van der Waals surface area contributed by atoms with Crippen LogP contribution in [-0.2, 0) is 5.11 Å². The Kier molecular flexibility index (Phi) is 2.64. The van der Waals surface area contributed by atoms with E-state index in [0.29, 0.717) is 0 Å². The summed E-state index contributed by atoms with van der Waals surface area (Å²) in [5.41, 5.74) is 0. The summed E-state index contributed by atoms with van der Waals surface area (Å²) in [6, 6.07) is 0. The van der Waals surface area contributed by atoms with E-state index >= 15 is 0 Å². The van der Waals surface area contributed by atoms with E-state index in [1.165, 1.54) is 0 Å². The van der Waals surface area contributed by atoms with Gasteiger partial charge in [-0.3, -0.25) is 0 Å². The Morgan fingerprint density at radius 2 is 1.89 bits per heavy atom. The molecule has 0 atom stereocenters. The van der Waals surface area contributed by atoms with E-state index in [2.05, 4.69) is 0 Å². The van der Waals surface area contributed by atoms with Crippen molar-refractivity contribution in [2.75, 3.05) is 6.61 Å². The number of allylic oxidation sites excluding steroid dienone is 1. The molecule has 0 saturated heterocycles. The molecular weight excluding hydrogens is 140 g/mol. The van der Waals surface area contributed by atoms with Gasteiger partial charge in [-0.15, -0.1) is 0 Å². The molecule has 0 bridgehead atoms. The van der Waals surface area contributed by atoms with Crippen molar-refractivity contribution < 1.29 is 22.7 Å². The number of hydrogen-bond acceptors (Lipinski definition) is 0. The molecule has 0 saturated carbocycles. The third-order valence-electron chi connectivity index (χ3n) is 0.533. The summed E-state index contributed by atoms with van der Waals surface area (Å²) in [5, 5.41) is 9.37. The average molecular weight is 143 g/mol. The van der Waals surface area contributed by atoms with Crippen LogP contribution in [-0.4, -0.2) is 12.8 Å². The molecule has 0 aliphatic rings. The maximum absolute atomic E-state index is 11.4. The average Bonchev–Trinajstić information content (AvgIpc) is 1.64. The Bertz CT molecular complexity index is 114. The van der Waals surface area contributed by atoms with Gasteiger partial charge >= 0.3 is 6.18 Å². The lowest BCUT2D eigenvalue weighted by molar-refractivity contribution is -0.109. The Morgan fingerprint density at radius 1 is 1.44 bits per heavy atom. The zero-order valence-corrected chi connectivity index (χ0v) is 4.20. The second kappa shape index (κ2) is 2.82. The first-order valence-electron chi connectivity index (χ1n) is 1.99. The van der Waals surface area contributed by atoms with Gasteiger partial charge in [-0.2, -0.15) is 13.2 Å². The maximum atomic E-state index is 11.4. The molecule has 9 heavy (non-hydrogen) atoms. The molecule has 0 unspecified atom stereocenters. The molecule has 53 valence electrons. The number of alkyl halides is 3. The van der Waals surface area contributed by atoms with Gasteiger partial charge in [-0.25, -0.2) is 9.50 Å². The van der Waals surface area contributed by atoms with Crippen LogP contribution < -0.4 is 0 Å². The molecule has 0 aliphatic heterocycles. The fourth-order valence-electron chi connectivity index (χ4n) is 0.189. The summed E-state index contributed by atoms with van der Waals surface area (Å²) in [6.07, 6.45) is -5.05. The molecule has 0 heterocycles. The first-order chi connectivity index (χ1) is 3.98. The largest absolute Gasteiger partial charge is 0.442 e. The minimum Gasteiger partial charge on any atom is -0.232 e.